The molecule has 0 aliphatic carbocycles. The monoisotopic (exact) mass is 190 g/mol. The minimum Gasteiger partial charge on any atom is -0.465 e. The van der Waals surface area contributed by atoms with Gasteiger partial charge < -0.3 is 4.74 Å². The van der Waals surface area contributed by atoms with Gasteiger partial charge in [0, 0.05) is 16.5 Å². The molecular weight excluding hydrogens is 183 g/mol. The molecule has 0 atom stereocenters. The average molecular weight is 191 g/mol. The summed E-state index contributed by atoms with van der Waals surface area (Å²) in [5.41, 5.74) is 1.27. The van der Waals surface area contributed by atoms with Gasteiger partial charge in [-0.3, -0.25) is 0 Å². The van der Waals surface area contributed by atoms with Gasteiger partial charge >= 0.3 is 0 Å². The maximum Gasteiger partial charge on any atom is 0.130 e. The van der Waals surface area contributed by atoms with Crippen LogP contribution in [0.4, 0.5) is 0 Å². The smallest absolute Gasteiger partial charge is 0.130 e. The van der Waals surface area contributed by atoms with E-state index >= 15 is 0 Å². The summed E-state index contributed by atoms with van der Waals surface area (Å²) in [6.07, 6.45) is 4.75. The molecule has 1 nitrogen and oxygen atoms in total. The standard InChI is InChI=1S/C9H8O.Ni/c1-2-6-9-8(4-1)5-3-7-10-9;/h1-4,6-7H,5H2;. The van der Waals surface area contributed by atoms with Crippen molar-refractivity contribution in [3.63, 3.8) is 0 Å². The Balaban J connectivity index is 0.000000605. The predicted molar refractivity (Wildman–Crippen MR) is 39.9 cm³/mol. The van der Waals surface area contributed by atoms with E-state index in [1.165, 1.54) is 5.56 Å². The first-order chi connectivity index (χ1) is 4.97. The number of hydrogen-bond acceptors (Lipinski definition) is 1. The molecule has 1 aromatic rings. The molecule has 0 spiro atoms. The Bertz CT molecular complexity index is 241. The summed E-state index contributed by atoms with van der Waals surface area (Å²) in [5.74, 6) is 0.991. The van der Waals surface area contributed by atoms with Gasteiger partial charge in [0.25, 0.3) is 0 Å². The molecule has 0 N–H and O–H groups in total. The number of benzene rings is 1. The van der Waals surface area contributed by atoms with E-state index in [0.717, 1.165) is 12.2 Å². The number of allylic oxidation sites excluding steroid dienone is 1. The van der Waals surface area contributed by atoms with E-state index in [1.54, 1.807) is 6.26 Å². The molecule has 0 radical (unpaired) electrons. The molecule has 1 aliphatic heterocycles. The van der Waals surface area contributed by atoms with Crippen molar-refractivity contribution in [2.45, 2.75) is 6.42 Å². The molecule has 0 unspecified atom stereocenters. The van der Waals surface area contributed by atoms with E-state index in [-0.39, 0.29) is 16.5 Å². The first kappa shape index (κ1) is 8.35. The summed E-state index contributed by atoms with van der Waals surface area (Å²) in [4.78, 5) is 0. The second-order valence-corrected chi connectivity index (χ2v) is 2.30. The van der Waals surface area contributed by atoms with E-state index in [1.807, 2.05) is 24.3 Å². The van der Waals surface area contributed by atoms with Crippen LogP contribution < -0.4 is 4.74 Å². The quantitative estimate of drug-likeness (QED) is 0.570. The van der Waals surface area contributed by atoms with E-state index in [4.69, 9.17) is 4.74 Å². The summed E-state index contributed by atoms with van der Waals surface area (Å²) in [7, 11) is 0. The summed E-state index contributed by atoms with van der Waals surface area (Å²) < 4.78 is 5.24. The molecule has 2 rings (SSSR count). The van der Waals surface area contributed by atoms with Gasteiger partial charge in [0.1, 0.15) is 5.75 Å². The Kier molecular flexibility index (Phi) is 2.72. The number of ether oxygens (including phenoxy) is 1. The fourth-order valence-corrected chi connectivity index (χ4v) is 1.08. The van der Waals surface area contributed by atoms with Crippen LogP contribution in [0.2, 0.25) is 0 Å². The molecule has 11 heavy (non-hydrogen) atoms. The minimum atomic E-state index is 0. The van der Waals surface area contributed by atoms with Gasteiger partial charge in [-0.1, -0.05) is 18.2 Å². The van der Waals surface area contributed by atoms with Crippen molar-refractivity contribution in [1.29, 1.82) is 0 Å². The number of hydrogen-bond donors (Lipinski definition) is 0. The van der Waals surface area contributed by atoms with Crippen molar-refractivity contribution in [3.05, 3.63) is 42.2 Å². The molecule has 0 saturated carbocycles. The number of fused-ring (bicyclic) bond motifs is 1. The van der Waals surface area contributed by atoms with Crippen LogP contribution in [0.25, 0.3) is 0 Å². The second kappa shape index (κ2) is 3.59. The summed E-state index contributed by atoms with van der Waals surface area (Å²) >= 11 is 0. The molecule has 60 valence electrons. The number of para-hydroxylation sites is 1. The Morgan fingerprint density at radius 2 is 2.00 bits per heavy atom. The van der Waals surface area contributed by atoms with Gasteiger partial charge in [0.15, 0.2) is 0 Å². The Hall–Kier alpha value is -0.746. The summed E-state index contributed by atoms with van der Waals surface area (Å²) in [6, 6.07) is 8.08. The maximum atomic E-state index is 5.24. The topological polar surface area (TPSA) is 9.23 Å². The van der Waals surface area contributed by atoms with Crippen molar-refractivity contribution >= 4 is 0 Å². The first-order valence-electron chi connectivity index (χ1n) is 3.36. The molecule has 1 aromatic carbocycles. The van der Waals surface area contributed by atoms with Gasteiger partial charge in [0.2, 0.25) is 0 Å². The molecule has 0 aromatic heterocycles. The molecular formula is C9H8NiO. The van der Waals surface area contributed by atoms with Crippen LogP contribution in [0.1, 0.15) is 5.56 Å². The third-order valence-corrected chi connectivity index (χ3v) is 1.60. The van der Waals surface area contributed by atoms with Gasteiger partial charge in [-0.25, -0.2) is 0 Å². The van der Waals surface area contributed by atoms with Crippen molar-refractivity contribution in [1.82, 2.24) is 0 Å². The van der Waals surface area contributed by atoms with Crippen LogP contribution in [0.3, 0.4) is 0 Å². The van der Waals surface area contributed by atoms with Crippen molar-refractivity contribution in [3.8, 4) is 5.75 Å². The first-order valence-corrected chi connectivity index (χ1v) is 3.36. The largest absolute Gasteiger partial charge is 0.465 e. The zero-order valence-corrected chi connectivity index (χ0v) is 6.88. The van der Waals surface area contributed by atoms with E-state index in [9.17, 15) is 0 Å². The Morgan fingerprint density at radius 3 is 2.82 bits per heavy atom. The average Bonchev–Trinajstić information content (AvgIpc) is 2.05. The van der Waals surface area contributed by atoms with Crippen molar-refractivity contribution in [2.75, 3.05) is 0 Å². The molecule has 0 amide bonds. The van der Waals surface area contributed by atoms with Crippen LogP contribution in [0, 0.1) is 0 Å². The van der Waals surface area contributed by atoms with Gasteiger partial charge in [-0.05, 0) is 24.1 Å². The minimum absolute atomic E-state index is 0. The summed E-state index contributed by atoms with van der Waals surface area (Å²) in [6.45, 7) is 0. The normalized spacial score (nSPS) is 12.7. The van der Waals surface area contributed by atoms with Crippen molar-refractivity contribution < 1.29 is 21.2 Å². The molecule has 0 saturated heterocycles. The molecule has 1 heterocycles. The van der Waals surface area contributed by atoms with Crippen LogP contribution in [-0.2, 0) is 22.9 Å². The third-order valence-electron chi connectivity index (χ3n) is 1.60. The zero-order valence-electron chi connectivity index (χ0n) is 5.90. The van der Waals surface area contributed by atoms with Crippen molar-refractivity contribution in [2.24, 2.45) is 0 Å². The number of rotatable bonds is 0. The Labute approximate surface area is 76.0 Å². The van der Waals surface area contributed by atoms with Gasteiger partial charge in [-0.2, -0.15) is 0 Å². The second-order valence-electron chi connectivity index (χ2n) is 2.30. The van der Waals surface area contributed by atoms with E-state index in [0.29, 0.717) is 0 Å². The third kappa shape index (κ3) is 1.64. The van der Waals surface area contributed by atoms with E-state index < -0.39 is 0 Å². The predicted octanol–water partition coefficient (Wildman–Crippen LogP) is 2.13. The fourth-order valence-electron chi connectivity index (χ4n) is 1.08. The fraction of sp³-hybridized carbons (Fsp3) is 0.111. The molecule has 0 fully saturated rings. The van der Waals surface area contributed by atoms with Crippen LogP contribution in [-0.4, -0.2) is 0 Å². The van der Waals surface area contributed by atoms with Gasteiger partial charge in [-0.15, -0.1) is 0 Å². The zero-order chi connectivity index (χ0) is 6.81. The molecule has 0 bridgehead atoms. The molecule has 2 heteroatoms. The Morgan fingerprint density at radius 1 is 1.18 bits per heavy atom. The SMILES string of the molecule is C1=COc2ccccc2C1.[Ni]. The summed E-state index contributed by atoms with van der Waals surface area (Å²) in [5, 5.41) is 0. The van der Waals surface area contributed by atoms with Crippen LogP contribution >= 0.6 is 0 Å². The molecule has 1 aliphatic rings. The van der Waals surface area contributed by atoms with E-state index in [2.05, 4.69) is 6.07 Å². The van der Waals surface area contributed by atoms with Gasteiger partial charge in [0.05, 0.1) is 6.26 Å². The van der Waals surface area contributed by atoms with Crippen LogP contribution in [0.5, 0.6) is 5.75 Å². The maximum absolute atomic E-state index is 5.24. The van der Waals surface area contributed by atoms with Crippen LogP contribution in [0.15, 0.2) is 36.6 Å².